The van der Waals surface area contributed by atoms with E-state index in [9.17, 15) is 9.90 Å². The summed E-state index contributed by atoms with van der Waals surface area (Å²) in [4.78, 5) is 10.7. The van der Waals surface area contributed by atoms with Gasteiger partial charge in [0.15, 0.2) is 0 Å². The molecule has 16 heavy (non-hydrogen) atoms. The zero-order valence-corrected chi connectivity index (χ0v) is 9.72. The zero-order valence-electron chi connectivity index (χ0n) is 9.72. The molecule has 0 unspecified atom stereocenters. The first-order chi connectivity index (χ1) is 7.56. The molecule has 1 rings (SSSR count). The second-order valence-electron chi connectivity index (χ2n) is 4.46. The summed E-state index contributed by atoms with van der Waals surface area (Å²) in [5, 5.41) is 9.70. The second-order valence-corrected chi connectivity index (χ2v) is 4.46. The fourth-order valence-electron chi connectivity index (χ4n) is 1.16. The lowest BCUT2D eigenvalue weighted by atomic mass is 9.89. The Labute approximate surface area is 96.1 Å². The first-order valence-corrected chi connectivity index (χ1v) is 5.32. The van der Waals surface area contributed by atoms with Gasteiger partial charge in [-0.2, -0.15) is 0 Å². The van der Waals surface area contributed by atoms with Gasteiger partial charge in [-0.1, -0.05) is 44.2 Å². The molecule has 1 aromatic rings. The van der Waals surface area contributed by atoms with Crippen molar-refractivity contribution in [2.45, 2.75) is 26.6 Å². The Balaban J connectivity index is 2.34. The summed E-state index contributed by atoms with van der Waals surface area (Å²) in [7, 11) is 0. The molecule has 1 N–H and O–H groups in total. The van der Waals surface area contributed by atoms with Gasteiger partial charge in [-0.05, 0) is 5.56 Å². The number of aldehydes is 1. The van der Waals surface area contributed by atoms with Crippen molar-refractivity contribution in [3.05, 3.63) is 35.9 Å². The van der Waals surface area contributed by atoms with Gasteiger partial charge in [0.2, 0.25) is 0 Å². The predicted octanol–water partition coefficient (Wildman–Crippen LogP) is 1.79. The third-order valence-electron chi connectivity index (χ3n) is 2.55. The van der Waals surface area contributed by atoms with Crippen molar-refractivity contribution in [3.63, 3.8) is 0 Å². The lowest BCUT2D eigenvalue weighted by Crippen LogP contribution is -2.34. The van der Waals surface area contributed by atoms with Crippen LogP contribution in [-0.4, -0.2) is 24.1 Å². The van der Waals surface area contributed by atoms with E-state index in [1.807, 2.05) is 30.3 Å². The van der Waals surface area contributed by atoms with Crippen LogP contribution in [0.3, 0.4) is 0 Å². The van der Waals surface area contributed by atoms with Crippen LogP contribution in [0, 0.1) is 5.41 Å². The van der Waals surface area contributed by atoms with Crippen LogP contribution in [0.5, 0.6) is 0 Å². The number of carbonyl (C=O) groups is 1. The van der Waals surface area contributed by atoms with Gasteiger partial charge in [0.05, 0.1) is 19.3 Å². The largest absolute Gasteiger partial charge is 0.390 e. The Morgan fingerprint density at radius 2 is 2.00 bits per heavy atom. The highest BCUT2D eigenvalue weighted by Gasteiger charge is 2.27. The minimum absolute atomic E-state index is 0.167. The summed E-state index contributed by atoms with van der Waals surface area (Å²) in [6.45, 7) is 4.00. The molecule has 0 amide bonds. The van der Waals surface area contributed by atoms with Gasteiger partial charge in [0.1, 0.15) is 6.29 Å². The Bertz CT molecular complexity index is 319. The van der Waals surface area contributed by atoms with E-state index in [0.29, 0.717) is 6.61 Å². The minimum Gasteiger partial charge on any atom is -0.390 e. The highest BCUT2D eigenvalue weighted by atomic mass is 16.5. The van der Waals surface area contributed by atoms with Gasteiger partial charge >= 0.3 is 0 Å². The molecule has 0 fully saturated rings. The molecule has 0 aromatic heterocycles. The van der Waals surface area contributed by atoms with Gasteiger partial charge < -0.3 is 14.6 Å². The Morgan fingerprint density at radius 1 is 1.38 bits per heavy atom. The summed E-state index contributed by atoms with van der Waals surface area (Å²) in [5.74, 6) is 0. The van der Waals surface area contributed by atoms with Gasteiger partial charge in [-0.3, -0.25) is 0 Å². The maximum absolute atomic E-state index is 10.7. The van der Waals surface area contributed by atoms with Gasteiger partial charge in [-0.15, -0.1) is 0 Å². The quantitative estimate of drug-likeness (QED) is 0.746. The summed E-state index contributed by atoms with van der Waals surface area (Å²) in [6, 6.07) is 9.72. The summed E-state index contributed by atoms with van der Waals surface area (Å²) >= 11 is 0. The zero-order chi connectivity index (χ0) is 12.0. The van der Waals surface area contributed by atoms with Crippen molar-refractivity contribution >= 4 is 6.29 Å². The smallest absolute Gasteiger partial charge is 0.128 e. The number of carbonyl (C=O) groups excluding carboxylic acids is 1. The standard InChI is InChI=1S/C13H18O3/c1-13(2,10-14)12(15)9-16-8-11-6-4-3-5-7-11/h3-7,10,12,15H,8-9H2,1-2H3/t12-/m0/s1. The monoisotopic (exact) mass is 222 g/mol. The number of hydrogen-bond acceptors (Lipinski definition) is 3. The summed E-state index contributed by atoms with van der Waals surface area (Å²) in [5.41, 5.74) is 0.301. The molecule has 0 saturated carbocycles. The Kier molecular flexibility index (Phi) is 4.65. The predicted molar refractivity (Wildman–Crippen MR) is 61.9 cm³/mol. The van der Waals surface area contributed by atoms with E-state index in [2.05, 4.69) is 0 Å². The average Bonchev–Trinajstić information content (AvgIpc) is 2.30. The lowest BCUT2D eigenvalue weighted by molar-refractivity contribution is -0.123. The molecule has 0 aliphatic carbocycles. The first kappa shape index (κ1) is 12.9. The molecule has 0 heterocycles. The van der Waals surface area contributed by atoms with Crippen molar-refractivity contribution in [3.8, 4) is 0 Å². The highest BCUT2D eigenvalue weighted by molar-refractivity contribution is 5.58. The normalized spacial score (nSPS) is 13.4. The van der Waals surface area contributed by atoms with Crippen LogP contribution in [-0.2, 0) is 16.1 Å². The summed E-state index contributed by atoms with van der Waals surface area (Å²) in [6.07, 6.45) is -0.0162. The highest BCUT2D eigenvalue weighted by Crippen LogP contribution is 2.17. The molecule has 0 aliphatic heterocycles. The van der Waals surface area contributed by atoms with Crippen molar-refractivity contribution in [2.24, 2.45) is 5.41 Å². The number of aliphatic hydroxyl groups excluding tert-OH is 1. The number of benzene rings is 1. The van der Waals surface area contributed by atoms with E-state index >= 15 is 0 Å². The fraction of sp³-hybridized carbons (Fsp3) is 0.462. The van der Waals surface area contributed by atoms with Crippen LogP contribution in [0.15, 0.2) is 30.3 Å². The number of hydrogen-bond donors (Lipinski definition) is 1. The molecule has 3 heteroatoms. The van der Waals surface area contributed by atoms with Crippen molar-refractivity contribution in [1.29, 1.82) is 0 Å². The molecule has 0 radical (unpaired) electrons. The molecular formula is C13H18O3. The van der Waals surface area contributed by atoms with E-state index < -0.39 is 11.5 Å². The molecule has 1 aromatic carbocycles. The van der Waals surface area contributed by atoms with Crippen LogP contribution in [0.1, 0.15) is 19.4 Å². The molecule has 0 saturated heterocycles. The molecule has 0 aliphatic rings. The SMILES string of the molecule is CC(C)(C=O)[C@@H](O)COCc1ccccc1. The van der Waals surface area contributed by atoms with Gasteiger partial charge in [0, 0.05) is 5.41 Å². The fourth-order valence-corrected chi connectivity index (χ4v) is 1.16. The topological polar surface area (TPSA) is 46.5 Å². The number of aliphatic hydroxyl groups is 1. The van der Waals surface area contributed by atoms with E-state index in [1.165, 1.54) is 0 Å². The third-order valence-corrected chi connectivity index (χ3v) is 2.55. The Hall–Kier alpha value is -1.19. The number of ether oxygens (including phenoxy) is 1. The van der Waals surface area contributed by atoms with Crippen LogP contribution >= 0.6 is 0 Å². The van der Waals surface area contributed by atoms with Crippen molar-refractivity contribution in [1.82, 2.24) is 0 Å². The van der Waals surface area contributed by atoms with E-state index in [1.54, 1.807) is 13.8 Å². The second kappa shape index (κ2) is 5.77. The van der Waals surface area contributed by atoms with Crippen LogP contribution < -0.4 is 0 Å². The number of rotatable bonds is 6. The van der Waals surface area contributed by atoms with E-state index in [4.69, 9.17) is 4.74 Å². The molecular weight excluding hydrogens is 204 g/mol. The summed E-state index contributed by atoms with van der Waals surface area (Å²) < 4.78 is 5.36. The first-order valence-electron chi connectivity index (χ1n) is 5.32. The van der Waals surface area contributed by atoms with Crippen molar-refractivity contribution in [2.75, 3.05) is 6.61 Å². The van der Waals surface area contributed by atoms with Crippen molar-refractivity contribution < 1.29 is 14.6 Å². The maximum atomic E-state index is 10.7. The molecule has 1 atom stereocenters. The average molecular weight is 222 g/mol. The molecule has 0 spiro atoms. The van der Waals surface area contributed by atoms with Crippen LogP contribution in [0.2, 0.25) is 0 Å². The maximum Gasteiger partial charge on any atom is 0.128 e. The van der Waals surface area contributed by atoms with E-state index in [-0.39, 0.29) is 6.61 Å². The molecule has 88 valence electrons. The minimum atomic E-state index is -0.770. The Morgan fingerprint density at radius 3 is 2.56 bits per heavy atom. The van der Waals surface area contributed by atoms with E-state index in [0.717, 1.165) is 11.8 Å². The molecule has 0 bridgehead atoms. The molecule has 3 nitrogen and oxygen atoms in total. The lowest BCUT2D eigenvalue weighted by Gasteiger charge is -2.23. The van der Waals surface area contributed by atoms with Gasteiger partial charge in [-0.25, -0.2) is 0 Å². The van der Waals surface area contributed by atoms with Crippen LogP contribution in [0.4, 0.5) is 0 Å². The van der Waals surface area contributed by atoms with Crippen LogP contribution in [0.25, 0.3) is 0 Å². The van der Waals surface area contributed by atoms with Gasteiger partial charge in [0.25, 0.3) is 0 Å². The third kappa shape index (κ3) is 3.76.